The molecule has 0 saturated heterocycles. The molecule has 0 saturated carbocycles. The first-order valence-electron chi connectivity index (χ1n) is 2.95. The van der Waals surface area contributed by atoms with Crippen LogP contribution < -0.4 is 5.01 Å². The van der Waals surface area contributed by atoms with Crippen molar-refractivity contribution in [1.82, 2.24) is 9.89 Å². The molecular formula is C5H9N3O2S. The van der Waals surface area contributed by atoms with Crippen molar-refractivity contribution in [2.24, 2.45) is 0 Å². The summed E-state index contributed by atoms with van der Waals surface area (Å²) in [4.78, 5) is 1.48. The van der Waals surface area contributed by atoms with Gasteiger partial charge in [0.05, 0.1) is 6.20 Å². The van der Waals surface area contributed by atoms with Crippen molar-refractivity contribution in [3.63, 3.8) is 0 Å². The molecule has 0 radical (unpaired) electrons. The molecule has 1 aromatic heterocycles. The van der Waals surface area contributed by atoms with Gasteiger partial charge in [-0.05, 0) is 6.07 Å². The molecule has 1 atom stereocenters. The molecule has 1 N–H and O–H groups in total. The smallest absolute Gasteiger partial charge is 0.207 e. The van der Waals surface area contributed by atoms with Crippen molar-refractivity contribution >= 4 is 11.1 Å². The summed E-state index contributed by atoms with van der Waals surface area (Å²) in [5.41, 5.74) is 0. The number of hydrogen-bond acceptors (Lipinski definition) is 3. The van der Waals surface area contributed by atoms with Crippen LogP contribution in [0.4, 0.5) is 0 Å². The van der Waals surface area contributed by atoms with Gasteiger partial charge >= 0.3 is 0 Å². The van der Waals surface area contributed by atoms with E-state index in [0.29, 0.717) is 0 Å². The van der Waals surface area contributed by atoms with Gasteiger partial charge in [0.1, 0.15) is 0 Å². The first-order chi connectivity index (χ1) is 5.11. The molecule has 0 aliphatic carbocycles. The van der Waals surface area contributed by atoms with E-state index in [0.717, 1.165) is 0 Å². The predicted octanol–water partition coefficient (Wildman–Crippen LogP) is -0.339. The molecule has 1 unspecified atom stereocenters. The van der Waals surface area contributed by atoms with Crippen LogP contribution in [0.3, 0.4) is 0 Å². The van der Waals surface area contributed by atoms with Crippen LogP contribution in [0.1, 0.15) is 0 Å². The minimum absolute atomic E-state index is 0.165. The third-order valence-electron chi connectivity index (χ3n) is 1.14. The van der Waals surface area contributed by atoms with Crippen molar-refractivity contribution in [3.8, 4) is 0 Å². The summed E-state index contributed by atoms with van der Waals surface area (Å²) in [5.74, 6) is 0. The lowest BCUT2D eigenvalue weighted by Crippen LogP contribution is -2.25. The minimum Gasteiger partial charge on any atom is -0.303 e. The molecule has 0 amide bonds. The van der Waals surface area contributed by atoms with Gasteiger partial charge in [-0.15, -0.1) is 5.10 Å². The Kier molecular flexibility index (Phi) is 2.25. The molecule has 62 valence electrons. The Balaban J connectivity index is 2.90. The largest absolute Gasteiger partial charge is 0.303 e. The van der Waals surface area contributed by atoms with Gasteiger partial charge in [-0.2, -0.15) is 4.79 Å². The van der Waals surface area contributed by atoms with Crippen LogP contribution in [0.15, 0.2) is 17.3 Å². The van der Waals surface area contributed by atoms with E-state index in [2.05, 4.69) is 5.10 Å². The second-order valence-corrected chi connectivity index (χ2v) is 3.09. The van der Waals surface area contributed by atoms with E-state index < -0.39 is 11.1 Å². The topological polar surface area (TPSA) is 58.4 Å². The highest BCUT2D eigenvalue weighted by atomic mass is 32.2. The molecule has 1 rings (SSSR count). The first-order valence-corrected chi connectivity index (χ1v) is 4.06. The second-order valence-electron chi connectivity index (χ2n) is 2.17. The molecular weight excluding hydrogens is 166 g/mol. The number of aromatic nitrogens is 2. The predicted molar refractivity (Wildman–Crippen MR) is 41.3 cm³/mol. The van der Waals surface area contributed by atoms with Crippen LogP contribution in [0.25, 0.3) is 0 Å². The maximum Gasteiger partial charge on any atom is 0.207 e. The van der Waals surface area contributed by atoms with Gasteiger partial charge in [-0.3, -0.25) is 0 Å². The van der Waals surface area contributed by atoms with E-state index in [1.54, 1.807) is 25.3 Å². The van der Waals surface area contributed by atoms with Crippen molar-refractivity contribution in [3.05, 3.63) is 12.3 Å². The molecule has 0 spiro atoms. The van der Waals surface area contributed by atoms with Crippen LogP contribution in [-0.4, -0.2) is 32.7 Å². The molecule has 11 heavy (non-hydrogen) atoms. The van der Waals surface area contributed by atoms with Crippen LogP contribution in [0.5, 0.6) is 0 Å². The van der Waals surface area contributed by atoms with Crippen LogP contribution >= 0.6 is 0 Å². The van der Waals surface area contributed by atoms with Gasteiger partial charge in [0.2, 0.25) is 11.1 Å². The fraction of sp³-hybridized carbons (Fsp3) is 0.400. The second kappa shape index (κ2) is 3.02. The number of hydrogen-bond donors (Lipinski definition) is 1. The highest BCUT2D eigenvalue weighted by Gasteiger charge is 2.03. The average molecular weight is 175 g/mol. The molecule has 0 fully saturated rings. The zero-order valence-corrected chi connectivity index (χ0v) is 7.08. The quantitative estimate of drug-likeness (QED) is 0.625. The first kappa shape index (κ1) is 8.22. The maximum absolute atomic E-state index is 10.5. The van der Waals surface area contributed by atoms with Crippen molar-refractivity contribution in [1.29, 1.82) is 0 Å². The Hall–Kier alpha value is -0.880. The van der Waals surface area contributed by atoms with E-state index in [-0.39, 0.29) is 5.03 Å². The van der Waals surface area contributed by atoms with Crippen molar-refractivity contribution in [2.75, 3.05) is 19.1 Å². The minimum atomic E-state index is -1.98. The SMILES string of the molecule is CN(C)n1ccc(S(=O)O)n1. The lowest BCUT2D eigenvalue weighted by Gasteiger charge is -2.10. The molecule has 0 aliphatic rings. The molecule has 0 aliphatic heterocycles. The summed E-state index contributed by atoms with van der Waals surface area (Å²) in [6.07, 6.45) is 1.61. The van der Waals surface area contributed by atoms with Crippen molar-refractivity contribution < 1.29 is 8.76 Å². The van der Waals surface area contributed by atoms with Crippen LogP contribution in [0, 0.1) is 0 Å². The van der Waals surface area contributed by atoms with E-state index in [1.807, 2.05) is 0 Å². The molecule has 5 nitrogen and oxygen atoms in total. The summed E-state index contributed by atoms with van der Waals surface area (Å²) in [5, 5.41) is 5.66. The van der Waals surface area contributed by atoms with Crippen molar-refractivity contribution in [2.45, 2.75) is 5.03 Å². The average Bonchev–Trinajstić information content (AvgIpc) is 2.33. The Morgan fingerprint density at radius 2 is 2.36 bits per heavy atom. The van der Waals surface area contributed by atoms with Gasteiger partial charge in [0.15, 0.2) is 5.03 Å². The molecule has 0 aromatic carbocycles. The summed E-state index contributed by atoms with van der Waals surface area (Å²) in [7, 11) is 3.58. The lowest BCUT2D eigenvalue weighted by atomic mass is 10.8. The molecule has 1 heterocycles. The van der Waals surface area contributed by atoms with E-state index in [1.165, 1.54) is 10.9 Å². The zero-order chi connectivity index (χ0) is 8.43. The van der Waals surface area contributed by atoms with Crippen LogP contribution in [0.2, 0.25) is 0 Å². The lowest BCUT2D eigenvalue weighted by molar-refractivity contribution is 0.551. The Morgan fingerprint density at radius 1 is 1.73 bits per heavy atom. The van der Waals surface area contributed by atoms with E-state index in [4.69, 9.17) is 4.55 Å². The monoisotopic (exact) mass is 175 g/mol. The standard InChI is InChI=1S/C5H9N3O2S/c1-7(2)8-4-3-5(6-8)11(9)10/h3-4H,1-2H3,(H,9,10). The highest BCUT2D eigenvalue weighted by Crippen LogP contribution is 1.98. The molecule has 0 bridgehead atoms. The van der Waals surface area contributed by atoms with Crippen LogP contribution in [-0.2, 0) is 11.1 Å². The van der Waals surface area contributed by atoms with Gasteiger partial charge < -0.3 is 9.56 Å². The van der Waals surface area contributed by atoms with Gasteiger partial charge in [-0.25, -0.2) is 4.21 Å². The third kappa shape index (κ3) is 1.78. The third-order valence-corrected chi connectivity index (χ3v) is 1.72. The Labute approximate surface area is 66.9 Å². The van der Waals surface area contributed by atoms with Gasteiger partial charge in [-0.1, -0.05) is 0 Å². The van der Waals surface area contributed by atoms with E-state index in [9.17, 15) is 4.21 Å². The maximum atomic E-state index is 10.5. The molecule has 6 heteroatoms. The summed E-state index contributed by atoms with van der Waals surface area (Å²) in [6.45, 7) is 0. The number of rotatable bonds is 2. The Morgan fingerprint density at radius 3 is 2.64 bits per heavy atom. The van der Waals surface area contributed by atoms with Gasteiger partial charge in [0.25, 0.3) is 0 Å². The Bertz CT molecular complexity index is 270. The summed E-state index contributed by atoms with van der Waals surface area (Å²) < 4.78 is 19.1. The highest BCUT2D eigenvalue weighted by molar-refractivity contribution is 7.79. The van der Waals surface area contributed by atoms with Gasteiger partial charge in [0, 0.05) is 14.1 Å². The normalized spacial score (nSPS) is 13.0. The molecule has 1 aromatic rings. The summed E-state index contributed by atoms with van der Waals surface area (Å²) >= 11 is -1.98. The zero-order valence-electron chi connectivity index (χ0n) is 6.26. The fourth-order valence-corrected chi connectivity index (χ4v) is 0.945. The summed E-state index contributed by atoms with van der Waals surface area (Å²) in [6, 6.07) is 1.50. The van der Waals surface area contributed by atoms with E-state index >= 15 is 0 Å². The number of nitrogens with zero attached hydrogens (tertiary/aromatic N) is 3. The fourth-order valence-electron chi connectivity index (χ4n) is 0.614.